The second-order valence-corrected chi connectivity index (χ2v) is 13.3. The number of carbonyl (C=O) groups is 8. The number of aliphatic imine (C=N–C) groups is 2. The van der Waals surface area contributed by atoms with Gasteiger partial charge in [-0.05, 0) is 58.9 Å². The summed E-state index contributed by atoms with van der Waals surface area (Å²) in [5, 5.41) is 26.9. The van der Waals surface area contributed by atoms with E-state index in [1.165, 1.54) is 27.7 Å². The number of nitrogens with two attached hydrogens (primary N) is 5. The Kier molecular flexibility index (Phi) is 21.8. The van der Waals surface area contributed by atoms with Crippen LogP contribution >= 0.6 is 0 Å². The quantitative estimate of drug-likeness (QED) is 0.0249. The summed E-state index contributed by atoms with van der Waals surface area (Å²) in [6.07, 6.45) is 0.535. The molecule has 0 saturated carbocycles. The van der Waals surface area contributed by atoms with Crippen molar-refractivity contribution in [3.63, 3.8) is 0 Å². The molecule has 7 atom stereocenters. The van der Waals surface area contributed by atoms with Crippen molar-refractivity contribution in [2.75, 3.05) is 19.6 Å². The summed E-state index contributed by atoms with van der Waals surface area (Å²) in [5.41, 5.74) is 27.4. The van der Waals surface area contributed by atoms with E-state index >= 15 is 0 Å². The Morgan fingerprint density at radius 1 is 0.552 bits per heavy atom. The number of rotatable bonds is 25. The largest absolute Gasteiger partial charge is 0.480 e. The summed E-state index contributed by atoms with van der Waals surface area (Å²) in [6.45, 7) is 5.25. The number of hydrogen-bond acceptors (Lipinski definition) is 11. The summed E-state index contributed by atoms with van der Waals surface area (Å²) in [5.74, 6) is -6.85. The average molecular weight is 819 g/mol. The van der Waals surface area contributed by atoms with E-state index in [0.717, 1.165) is 5.56 Å². The van der Waals surface area contributed by atoms with Gasteiger partial charge in [0.1, 0.15) is 42.3 Å². The molecule has 0 spiro atoms. The van der Waals surface area contributed by atoms with Crippen LogP contribution in [0.25, 0.3) is 0 Å². The molecule has 1 aromatic rings. The van der Waals surface area contributed by atoms with Crippen LogP contribution in [0.4, 0.5) is 0 Å². The first-order valence-corrected chi connectivity index (χ1v) is 18.4. The highest BCUT2D eigenvalue weighted by atomic mass is 16.4. The summed E-state index contributed by atoms with van der Waals surface area (Å²) in [4.78, 5) is 109. The van der Waals surface area contributed by atoms with Gasteiger partial charge in [-0.25, -0.2) is 4.79 Å². The molecule has 0 bridgehead atoms. The van der Waals surface area contributed by atoms with Crippen LogP contribution in [0.15, 0.2) is 40.3 Å². The van der Waals surface area contributed by atoms with Gasteiger partial charge in [-0.3, -0.25) is 43.5 Å². The molecule has 0 aliphatic carbocycles. The maximum atomic E-state index is 13.2. The minimum absolute atomic E-state index is 0.00710. The molecule has 23 heteroatoms. The summed E-state index contributed by atoms with van der Waals surface area (Å²) >= 11 is 0. The number of amides is 7. The molecule has 23 nitrogen and oxygen atoms in total. The van der Waals surface area contributed by atoms with Gasteiger partial charge < -0.3 is 71.0 Å². The van der Waals surface area contributed by atoms with Gasteiger partial charge in [0.25, 0.3) is 0 Å². The van der Waals surface area contributed by atoms with Crippen molar-refractivity contribution in [2.24, 2.45) is 38.7 Å². The minimum Gasteiger partial charge on any atom is -0.480 e. The number of aliphatic carboxylic acids is 1. The molecule has 7 unspecified atom stereocenters. The van der Waals surface area contributed by atoms with Crippen LogP contribution in [0, 0.1) is 0 Å². The van der Waals surface area contributed by atoms with E-state index in [4.69, 9.17) is 28.7 Å². The Balaban J connectivity index is 2.82. The van der Waals surface area contributed by atoms with E-state index in [1.54, 1.807) is 30.3 Å². The summed E-state index contributed by atoms with van der Waals surface area (Å²) in [7, 11) is 0. The highest BCUT2D eigenvalue weighted by Crippen LogP contribution is 2.06. The third-order valence-electron chi connectivity index (χ3n) is 8.27. The molecule has 0 radical (unpaired) electrons. The van der Waals surface area contributed by atoms with Crippen LogP contribution in [0.5, 0.6) is 0 Å². The minimum atomic E-state index is -1.33. The number of guanidine groups is 2. The monoisotopic (exact) mass is 818 g/mol. The lowest BCUT2D eigenvalue weighted by Crippen LogP contribution is -2.58. The number of nitrogens with one attached hydrogen (secondary N) is 7. The lowest BCUT2D eigenvalue weighted by atomic mass is 10.0. The van der Waals surface area contributed by atoms with Crippen LogP contribution in [-0.2, 0) is 44.8 Å². The second kappa shape index (κ2) is 25.6. The van der Waals surface area contributed by atoms with Crippen molar-refractivity contribution in [2.45, 2.75) is 102 Å². The average Bonchev–Trinajstić information content (AvgIpc) is 3.16. The van der Waals surface area contributed by atoms with Gasteiger partial charge in [-0.2, -0.15) is 0 Å². The third kappa shape index (κ3) is 19.4. The Bertz CT molecular complexity index is 1630. The molecule has 322 valence electrons. The Morgan fingerprint density at radius 3 is 1.34 bits per heavy atom. The van der Waals surface area contributed by atoms with Crippen molar-refractivity contribution in [1.82, 2.24) is 37.2 Å². The molecule has 1 rings (SSSR count). The number of benzene rings is 1. The fourth-order valence-corrected chi connectivity index (χ4v) is 5.01. The number of carbonyl (C=O) groups excluding carboxylic acids is 7. The molecule has 0 heterocycles. The standard InChI is InChI=1S/C35H58N14O9/c1-18(44-29(53)20(3)46-32(56)25(47-26(50)17-36)16-22-10-6-5-7-11-22)27(51)43-19(2)28(52)45-21(4)30(54)48-23(12-8-14-41-34(37)38)31(55)49-24(33(57)58)13-9-15-42-35(39)40/h5-7,10-11,18-21,23-25H,8-9,12-17,36H2,1-4H3,(H,43,51)(H,44,53)(H,45,52)(H,46,56)(H,47,50)(H,48,54)(H,49,55)(H,57,58)(H4,37,38,41)(H4,39,40,42). The molecule has 0 fully saturated rings. The third-order valence-corrected chi connectivity index (χ3v) is 8.27. The number of hydrogen-bond donors (Lipinski definition) is 13. The fourth-order valence-electron chi connectivity index (χ4n) is 5.01. The molecular formula is C35H58N14O9. The number of carboxylic acid groups (broad SMARTS) is 1. The van der Waals surface area contributed by atoms with Crippen LogP contribution < -0.4 is 65.9 Å². The van der Waals surface area contributed by atoms with Crippen LogP contribution in [-0.4, -0.2) is 126 Å². The first-order valence-electron chi connectivity index (χ1n) is 18.4. The second-order valence-electron chi connectivity index (χ2n) is 13.3. The zero-order chi connectivity index (χ0) is 43.9. The Hall–Kier alpha value is -6.52. The topological polar surface area (TPSA) is 396 Å². The van der Waals surface area contributed by atoms with E-state index in [-0.39, 0.29) is 63.7 Å². The lowest BCUT2D eigenvalue weighted by Gasteiger charge is -2.24. The van der Waals surface area contributed by atoms with Crippen molar-refractivity contribution in [3.05, 3.63) is 35.9 Å². The smallest absolute Gasteiger partial charge is 0.326 e. The van der Waals surface area contributed by atoms with Gasteiger partial charge in [-0.15, -0.1) is 0 Å². The molecule has 0 aliphatic heterocycles. The number of carboxylic acids is 1. The van der Waals surface area contributed by atoms with Crippen molar-refractivity contribution in [3.8, 4) is 0 Å². The predicted molar refractivity (Wildman–Crippen MR) is 213 cm³/mol. The van der Waals surface area contributed by atoms with Gasteiger partial charge in [0, 0.05) is 19.5 Å². The zero-order valence-electron chi connectivity index (χ0n) is 33.1. The predicted octanol–water partition coefficient (Wildman–Crippen LogP) is -5.15. The van der Waals surface area contributed by atoms with Gasteiger partial charge in [-0.1, -0.05) is 30.3 Å². The molecule has 1 aromatic carbocycles. The molecule has 18 N–H and O–H groups in total. The van der Waals surface area contributed by atoms with E-state index in [2.05, 4.69) is 47.2 Å². The van der Waals surface area contributed by atoms with E-state index in [1.807, 2.05) is 0 Å². The van der Waals surface area contributed by atoms with E-state index in [9.17, 15) is 43.5 Å². The molecule has 0 saturated heterocycles. The molecule has 7 amide bonds. The summed E-state index contributed by atoms with van der Waals surface area (Å²) < 4.78 is 0. The van der Waals surface area contributed by atoms with Crippen molar-refractivity contribution in [1.29, 1.82) is 0 Å². The van der Waals surface area contributed by atoms with Crippen LogP contribution in [0.1, 0.15) is 58.9 Å². The Morgan fingerprint density at radius 2 is 0.931 bits per heavy atom. The molecule has 0 aromatic heterocycles. The first-order chi connectivity index (χ1) is 27.2. The van der Waals surface area contributed by atoms with Crippen molar-refractivity contribution < 1.29 is 43.5 Å². The maximum Gasteiger partial charge on any atom is 0.326 e. The van der Waals surface area contributed by atoms with Crippen LogP contribution in [0.3, 0.4) is 0 Å². The van der Waals surface area contributed by atoms with Gasteiger partial charge in [0.05, 0.1) is 6.54 Å². The molecular weight excluding hydrogens is 760 g/mol. The SMILES string of the molecule is CC(NC(=O)C(C)NC(=O)C(C)NC(=O)C(Cc1ccccc1)NC(=O)CN)C(=O)NC(C)C(=O)NC(CCCN=C(N)N)C(=O)NC(CCCN=C(N)N)C(=O)O. The number of nitrogens with zero attached hydrogens (tertiary/aromatic N) is 2. The van der Waals surface area contributed by atoms with E-state index < -0.39 is 89.6 Å². The van der Waals surface area contributed by atoms with Crippen LogP contribution in [0.2, 0.25) is 0 Å². The molecule has 0 aliphatic rings. The molecule has 58 heavy (non-hydrogen) atoms. The van der Waals surface area contributed by atoms with Gasteiger partial charge in [0.15, 0.2) is 11.9 Å². The highest BCUT2D eigenvalue weighted by molar-refractivity contribution is 5.97. The lowest BCUT2D eigenvalue weighted by molar-refractivity contribution is -0.142. The van der Waals surface area contributed by atoms with Gasteiger partial charge in [0.2, 0.25) is 41.4 Å². The highest BCUT2D eigenvalue weighted by Gasteiger charge is 2.30. The zero-order valence-corrected chi connectivity index (χ0v) is 33.1. The summed E-state index contributed by atoms with van der Waals surface area (Å²) in [6, 6.07) is 0.461. The normalized spacial score (nSPS) is 14.2. The Labute approximate surface area is 335 Å². The maximum absolute atomic E-state index is 13.2. The van der Waals surface area contributed by atoms with E-state index in [0.29, 0.717) is 0 Å². The fraction of sp³-hybridized carbons (Fsp3) is 0.543. The van der Waals surface area contributed by atoms with Crippen molar-refractivity contribution >= 4 is 59.2 Å². The first kappa shape index (κ1) is 49.5. The van der Waals surface area contributed by atoms with Gasteiger partial charge >= 0.3 is 5.97 Å².